The molecule has 154 valence electrons. The smallest absolute Gasteiger partial charge is 0.213 e. The van der Waals surface area contributed by atoms with Gasteiger partial charge >= 0.3 is 0 Å². The molecule has 0 amide bonds. The average Bonchev–Trinajstić information content (AvgIpc) is 2.65. The topological polar surface area (TPSA) is 83.0 Å². The van der Waals surface area contributed by atoms with Crippen LogP contribution in [0.3, 0.4) is 0 Å². The molecule has 9 heteroatoms. The van der Waals surface area contributed by atoms with Crippen LogP contribution in [-0.2, 0) is 21.3 Å². The van der Waals surface area contributed by atoms with Crippen LogP contribution < -0.4 is 10.0 Å². The fourth-order valence-corrected chi connectivity index (χ4v) is 3.83. The maximum Gasteiger partial charge on any atom is 0.213 e. The molecule has 0 aliphatic carbocycles. The summed E-state index contributed by atoms with van der Waals surface area (Å²) >= 11 is 0. The van der Waals surface area contributed by atoms with Crippen LogP contribution in [0.5, 0.6) is 0 Å². The Kier molecular flexibility index (Phi) is 11.2. The van der Waals surface area contributed by atoms with E-state index in [4.69, 9.17) is 4.74 Å². The minimum atomic E-state index is -3.34. The fraction of sp³-hybridized carbons (Fsp3) is 0.611. The first-order valence-electron chi connectivity index (χ1n) is 9.05. The summed E-state index contributed by atoms with van der Waals surface area (Å²) in [6, 6.07) is 10.1. The molecule has 1 aliphatic rings. The molecular weight excluding hydrogens is 479 g/mol. The fourth-order valence-electron chi connectivity index (χ4n) is 2.87. The van der Waals surface area contributed by atoms with Gasteiger partial charge in [-0.05, 0) is 24.8 Å². The highest BCUT2D eigenvalue weighted by molar-refractivity contribution is 14.0. The van der Waals surface area contributed by atoms with Crippen molar-refractivity contribution in [1.82, 2.24) is 14.9 Å². The molecular formula is C18H31IN4O3S. The molecule has 1 heterocycles. The lowest BCUT2D eigenvalue weighted by Gasteiger charge is -2.23. The van der Waals surface area contributed by atoms with E-state index in [1.165, 1.54) is 5.56 Å². The van der Waals surface area contributed by atoms with E-state index < -0.39 is 10.0 Å². The van der Waals surface area contributed by atoms with Crippen molar-refractivity contribution in [3.63, 3.8) is 0 Å². The van der Waals surface area contributed by atoms with Gasteiger partial charge in [0.05, 0.1) is 11.9 Å². The van der Waals surface area contributed by atoms with E-state index >= 15 is 0 Å². The van der Waals surface area contributed by atoms with Gasteiger partial charge in [-0.25, -0.2) is 13.1 Å². The van der Waals surface area contributed by atoms with Crippen molar-refractivity contribution in [2.45, 2.75) is 31.9 Å². The molecule has 0 radical (unpaired) electrons. The molecule has 0 bridgehead atoms. The van der Waals surface area contributed by atoms with Gasteiger partial charge in [-0.2, -0.15) is 0 Å². The second-order valence-corrected chi connectivity index (χ2v) is 8.40. The van der Waals surface area contributed by atoms with Crippen LogP contribution in [0, 0.1) is 0 Å². The minimum Gasteiger partial charge on any atom is -0.377 e. The molecule has 1 aromatic carbocycles. The Bertz CT molecular complexity index is 664. The summed E-state index contributed by atoms with van der Waals surface area (Å²) in [5.74, 6) is 0.664. The molecule has 0 aromatic heterocycles. The zero-order valence-corrected chi connectivity index (χ0v) is 19.2. The molecule has 1 aliphatic heterocycles. The summed E-state index contributed by atoms with van der Waals surface area (Å²) in [6.07, 6.45) is 3.06. The van der Waals surface area contributed by atoms with Crippen molar-refractivity contribution >= 4 is 40.0 Å². The Labute approximate surface area is 180 Å². The lowest BCUT2D eigenvalue weighted by atomic mass is 10.1. The largest absolute Gasteiger partial charge is 0.377 e. The first-order valence-corrected chi connectivity index (χ1v) is 10.7. The van der Waals surface area contributed by atoms with E-state index in [2.05, 4.69) is 15.0 Å². The molecule has 2 rings (SSSR count). The molecule has 1 saturated heterocycles. The quantitative estimate of drug-likeness (QED) is 0.317. The van der Waals surface area contributed by atoms with Gasteiger partial charge in [-0.3, -0.25) is 4.99 Å². The summed E-state index contributed by atoms with van der Waals surface area (Å²) in [5, 5.41) is 3.11. The predicted molar refractivity (Wildman–Crippen MR) is 120 cm³/mol. The lowest BCUT2D eigenvalue weighted by molar-refractivity contribution is 0.0200. The van der Waals surface area contributed by atoms with Crippen molar-refractivity contribution in [3.05, 3.63) is 35.9 Å². The zero-order valence-electron chi connectivity index (χ0n) is 16.1. The molecule has 27 heavy (non-hydrogen) atoms. The zero-order chi connectivity index (χ0) is 18.8. The van der Waals surface area contributed by atoms with Gasteiger partial charge in [0, 0.05) is 40.3 Å². The molecule has 1 atom stereocenters. The number of rotatable bonds is 8. The number of ether oxygens (including phenoxy) is 1. The van der Waals surface area contributed by atoms with Crippen molar-refractivity contribution in [1.29, 1.82) is 0 Å². The molecule has 7 nitrogen and oxygen atoms in total. The van der Waals surface area contributed by atoms with E-state index in [0.717, 1.165) is 25.9 Å². The first-order chi connectivity index (χ1) is 12.5. The molecule has 0 saturated carbocycles. The summed E-state index contributed by atoms with van der Waals surface area (Å²) in [6.45, 7) is 2.07. The van der Waals surface area contributed by atoms with E-state index in [-0.39, 0.29) is 35.8 Å². The standard InChI is InChI=1S/C18H30N4O3S.HI/c1-19-18(22(2)15-16-8-4-3-5-9-16)20-11-13-26(23,24)21-14-17-10-6-7-12-25-17;/h3-5,8-9,17,21H,6-7,10-15H2,1-2H3,(H,19,20);1H. The third kappa shape index (κ3) is 9.22. The number of hydrogen-bond acceptors (Lipinski definition) is 4. The summed E-state index contributed by atoms with van der Waals surface area (Å²) in [4.78, 5) is 6.18. The van der Waals surface area contributed by atoms with Crippen LogP contribution in [0.1, 0.15) is 24.8 Å². The molecule has 2 N–H and O–H groups in total. The number of halogens is 1. The number of hydrogen-bond donors (Lipinski definition) is 2. The molecule has 1 unspecified atom stereocenters. The van der Waals surface area contributed by atoms with E-state index in [0.29, 0.717) is 25.6 Å². The van der Waals surface area contributed by atoms with Gasteiger partial charge in [0.1, 0.15) is 0 Å². The third-order valence-corrected chi connectivity index (χ3v) is 5.64. The molecule has 0 spiro atoms. The first kappa shape index (κ1) is 24.1. The predicted octanol–water partition coefficient (Wildman–Crippen LogP) is 1.80. The Hall–Kier alpha value is -0.910. The van der Waals surface area contributed by atoms with Gasteiger partial charge < -0.3 is 15.0 Å². The van der Waals surface area contributed by atoms with Crippen LogP contribution in [0.15, 0.2) is 35.3 Å². The van der Waals surface area contributed by atoms with Crippen LogP contribution >= 0.6 is 24.0 Å². The van der Waals surface area contributed by atoms with Gasteiger partial charge in [0.15, 0.2) is 5.96 Å². The lowest BCUT2D eigenvalue weighted by Crippen LogP contribution is -2.43. The third-order valence-electron chi connectivity index (χ3n) is 4.29. The number of nitrogens with one attached hydrogen (secondary N) is 2. The second kappa shape index (κ2) is 12.5. The van der Waals surface area contributed by atoms with Gasteiger partial charge in [0.25, 0.3) is 0 Å². The van der Waals surface area contributed by atoms with Crippen molar-refractivity contribution < 1.29 is 13.2 Å². The van der Waals surface area contributed by atoms with Crippen LogP contribution in [0.25, 0.3) is 0 Å². The number of benzene rings is 1. The van der Waals surface area contributed by atoms with Crippen LogP contribution in [-0.4, -0.2) is 64.9 Å². The van der Waals surface area contributed by atoms with Gasteiger partial charge in [0.2, 0.25) is 10.0 Å². The average molecular weight is 510 g/mol. The number of aliphatic imine (C=N–C) groups is 1. The second-order valence-electron chi connectivity index (χ2n) is 6.47. The van der Waals surface area contributed by atoms with Gasteiger partial charge in [-0.15, -0.1) is 24.0 Å². The number of guanidine groups is 1. The van der Waals surface area contributed by atoms with Gasteiger partial charge in [-0.1, -0.05) is 30.3 Å². The number of sulfonamides is 1. The SMILES string of the molecule is CN=C(NCCS(=O)(=O)NCC1CCCCO1)N(C)Cc1ccccc1.I. The van der Waals surface area contributed by atoms with Crippen molar-refractivity contribution in [3.8, 4) is 0 Å². The Morgan fingerprint density at radius 3 is 2.67 bits per heavy atom. The monoisotopic (exact) mass is 510 g/mol. The van der Waals surface area contributed by atoms with Crippen LogP contribution in [0.2, 0.25) is 0 Å². The molecule has 1 fully saturated rings. The van der Waals surface area contributed by atoms with E-state index in [1.807, 2.05) is 42.3 Å². The van der Waals surface area contributed by atoms with Crippen molar-refractivity contribution in [2.24, 2.45) is 4.99 Å². The highest BCUT2D eigenvalue weighted by Crippen LogP contribution is 2.11. The Morgan fingerprint density at radius 1 is 1.30 bits per heavy atom. The molecule has 1 aromatic rings. The van der Waals surface area contributed by atoms with E-state index in [9.17, 15) is 8.42 Å². The summed E-state index contributed by atoms with van der Waals surface area (Å²) in [7, 11) is 0.282. The Balaban J connectivity index is 0.00000364. The highest BCUT2D eigenvalue weighted by atomic mass is 127. The minimum absolute atomic E-state index is 0. The highest BCUT2D eigenvalue weighted by Gasteiger charge is 2.18. The summed E-state index contributed by atoms with van der Waals surface area (Å²) in [5.41, 5.74) is 1.17. The maximum atomic E-state index is 12.1. The normalized spacial score (nSPS) is 17.9. The van der Waals surface area contributed by atoms with Crippen LogP contribution in [0.4, 0.5) is 0 Å². The summed E-state index contributed by atoms with van der Waals surface area (Å²) < 4.78 is 32.5. The maximum absolute atomic E-state index is 12.1. The van der Waals surface area contributed by atoms with E-state index in [1.54, 1.807) is 7.05 Å². The van der Waals surface area contributed by atoms with Crippen molar-refractivity contribution in [2.75, 3.05) is 39.5 Å². The number of nitrogens with zero attached hydrogens (tertiary/aromatic N) is 2. The Morgan fingerprint density at radius 2 is 2.04 bits per heavy atom.